The van der Waals surface area contributed by atoms with Crippen LogP contribution in [0.4, 0.5) is 0 Å². The molecular weight excluding hydrogens is 321 g/mol. The van der Waals surface area contributed by atoms with Crippen molar-refractivity contribution in [3.05, 3.63) is 27.2 Å². The molecule has 102 valence electrons. The average molecular weight is 333 g/mol. The van der Waals surface area contributed by atoms with Crippen LogP contribution < -0.4 is 4.89 Å². The van der Waals surface area contributed by atoms with Crippen LogP contribution in [-0.4, -0.2) is 14.0 Å². The lowest BCUT2D eigenvalue weighted by Gasteiger charge is -2.19. The molecule has 0 aliphatic heterocycles. The van der Waals surface area contributed by atoms with Gasteiger partial charge in [-0.1, -0.05) is 39.7 Å². The molecule has 8 heteroatoms. The number of nitrogens with one attached hydrogen (secondary N) is 1. The third-order valence-electron chi connectivity index (χ3n) is 1.69. The highest BCUT2D eigenvalue weighted by Gasteiger charge is 2.25. The Kier molecular flexibility index (Phi) is 4.92. The summed E-state index contributed by atoms with van der Waals surface area (Å²) in [5.41, 5.74) is -0.682. The van der Waals surface area contributed by atoms with Crippen molar-refractivity contribution in [2.45, 2.75) is 31.3 Å². The maximum Gasteiger partial charge on any atom is 0.265 e. The fourth-order valence-corrected chi connectivity index (χ4v) is 3.51. The smallest absolute Gasteiger partial charge is 0.265 e. The van der Waals surface area contributed by atoms with Gasteiger partial charge in [-0.25, -0.2) is 8.42 Å². The number of benzene rings is 1. The molecule has 1 rings (SSSR count). The summed E-state index contributed by atoms with van der Waals surface area (Å²) in [6, 6.07) is 2.58. The fraction of sp³-hybridized carbons (Fsp3) is 0.400. The Morgan fingerprint density at radius 1 is 1.11 bits per heavy atom. The van der Waals surface area contributed by atoms with Crippen LogP contribution in [0.15, 0.2) is 17.0 Å². The number of sulfonamides is 1. The second-order valence-corrected chi connectivity index (χ2v) is 7.33. The van der Waals surface area contributed by atoms with Crippen LogP contribution >= 0.6 is 34.8 Å². The minimum atomic E-state index is -3.97. The van der Waals surface area contributed by atoms with E-state index in [4.69, 9.17) is 39.6 Å². The normalized spacial score (nSPS) is 12.8. The molecule has 0 atom stereocenters. The van der Waals surface area contributed by atoms with Gasteiger partial charge in [-0.05, 0) is 32.9 Å². The van der Waals surface area contributed by atoms with Crippen molar-refractivity contribution in [1.82, 2.24) is 4.89 Å². The molecular formula is C10H12Cl3NO3S. The largest absolute Gasteiger partial charge is 0.281 e. The van der Waals surface area contributed by atoms with E-state index in [0.717, 1.165) is 0 Å². The molecule has 0 aromatic heterocycles. The van der Waals surface area contributed by atoms with Crippen molar-refractivity contribution in [2.75, 3.05) is 0 Å². The topological polar surface area (TPSA) is 55.4 Å². The van der Waals surface area contributed by atoms with E-state index >= 15 is 0 Å². The number of halogens is 3. The quantitative estimate of drug-likeness (QED) is 0.860. The van der Waals surface area contributed by atoms with Crippen LogP contribution in [0.3, 0.4) is 0 Å². The monoisotopic (exact) mass is 331 g/mol. The van der Waals surface area contributed by atoms with Crippen molar-refractivity contribution in [3.8, 4) is 0 Å². The van der Waals surface area contributed by atoms with Crippen molar-refractivity contribution < 1.29 is 13.3 Å². The van der Waals surface area contributed by atoms with Gasteiger partial charge in [-0.15, -0.1) is 0 Å². The second-order valence-electron chi connectivity index (χ2n) is 4.50. The lowest BCUT2D eigenvalue weighted by atomic mass is 10.2. The van der Waals surface area contributed by atoms with E-state index in [-0.39, 0.29) is 20.0 Å². The SMILES string of the molecule is CC(C)(C)ONS(=O)(=O)c1c(Cl)cc(Cl)cc1Cl. The predicted molar refractivity (Wildman–Crippen MR) is 72.6 cm³/mol. The Hall–Kier alpha value is -0.0400. The van der Waals surface area contributed by atoms with E-state index in [9.17, 15) is 8.42 Å². The zero-order valence-corrected chi connectivity index (χ0v) is 13.0. The summed E-state index contributed by atoms with van der Waals surface area (Å²) >= 11 is 17.4. The van der Waals surface area contributed by atoms with Crippen molar-refractivity contribution in [2.24, 2.45) is 0 Å². The van der Waals surface area contributed by atoms with Gasteiger partial charge in [0.15, 0.2) is 0 Å². The highest BCUT2D eigenvalue weighted by molar-refractivity contribution is 7.89. The van der Waals surface area contributed by atoms with E-state index in [1.54, 1.807) is 20.8 Å². The molecule has 1 aromatic rings. The van der Waals surface area contributed by atoms with Crippen LogP contribution in [0.25, 0.3) is 0 Å². The molecule has 1 aromatic carbocycles. The molecule has 0 spiro atoms. The van der Waals surface area contributed by atoms with Gasteiger partial charge in [0.25, 0.3) is 10.0 Å². The van der Waals surface area contributed by atoms with Crippen molar-refractivity contribution in [1.29, 1.82) is 0 Å². The van der Waals surface area contributed by atoms with E-state index in [2.05, 4.69) is 0 Å². The lowest BCUT2D eigenvalue weighted by molar-refractivity contribution is -0.0357. The molecule has 0 aliphatic carbocycles. The molecule has 4 nitrogen and oxygen atoms in total. The van der Waals surface area contributed by atoms with Crippen LogP contribution in [0, 0.1) is 0 Å². The lowest BCUT2D eigenvalue weighted by Crippen LogP contribution is -2.33. The molecule has 0 saturated carbocycles. The van der Waals surface area contributed by atoms with Crippen LogP contribution in [0.2, 0.25) is 15.1 Å². The molecule has 0 radical (unpaired) electrons. The van der Waals surface area contributed by atoms with E-state index in [0.29, 0.717) is 0 Å². The van der Waals surface area contributed by atoms with Gasteiger partial charge in [-0.2, -0.15) is 0 Å². The highest BCUT2D eigenvalue weighted by atomic mass is 35.5. The molecule has 0 fully saturated rings. The van der Waals surface area contributed by atoms with Gasteiger partial charge in [0, 0.05) is 5.02 Å². The third kappa shape index (κ3) is 4.26. The minimum absolute atomic E-state index is 0.0718. The van der Waals surface area contributed by atoms with Gasteiger partial charge < -0.3 is 0 Å². The first-order valence-electron chi connectivity index (χ1n) is 4.87. The Balaban J connectivity index is 3.14. The fourth-order valence-electron chi connectivity index (χ4n) is 1.01. The van der Waals surface area contributed by atoms with Gasteiger partial charge in [0.2, 0.25) is 0 Å². The number of hydrogen-bond donors (Lipinski definition) is 1. The van der Waals surface area contributed by atoms with E-state index in [1.807, 2.05) is 4.89 Å². The van der Waals surface area contributed by atoms with Crippen molar-refractivity contribution >= 4 is 44.8 Å². The van der Waals surface area contributed by atoms with Gasteiger partial charge in [0.05, 0.1) is 15.6 Å². The standard InChI is InChI=1S/C10H12Cl3NO3S/c1-10(2,3)17-14-18(15,16)9-7(12)4-6(11)5-8(9)13/h4-5,14H,1-3H3. The molecule has 0 aliphatic rings. The van der Waals surface area contributed by atoms with Gasteiger partial charge in [0.1, 0.15) is 4.90 Å². The Morgan fingerprint density at radius 3 is 1.94 bits per heavy atom. The Labute approximate surface area is 121 Å². The van der Waals surface area contributed by atoms with E-state index < -0.39 is 15.6 Å². The molecule has 0 amide bonds. The van der Waals surface area contributed by atoms with Crippen molar-refractivity contribution in [3.63, 3.8) is 0 Å². The molecule has 0 heterocycles. The zero-order valence-electron chi connectivity index (χ0n) is 9.92. The van der Waals surface area contributed by atoms with Gasteiger partial charge in [-0.3, -0.25) is 4.84 Å². The first-order valence-corrected chi connectivity index (χ1v) is 7.49. The first kappa shape index (κ1) is 16.0. The summed E-state index contributed by atoms with van der Waals surface area (Å²) < 4.78 is 24.0. The zero-order chi connectivity index (χ0) is 14.1. The molecule has 0 unspecified atom stereocenters. The summed E-state index contributed by atoms with van der Waals surface area (Å²) in [5.74, 6) is 0. The van der Waals surface area contributed by atoms with E-state index in [1.165, 1.54) is 12.1 Å². The summed E-state index contributed by atoms with van der Waals surface area (Å²) in [5, 5.41) is 0.107. The maximum absolute atomic E-state index is 12.0. The summed E-state index contributed by atoms with van der Waals surface area (Å²) in [4.78, 5) is 6.71. The van der Waals surface area contributed by atoms with Gasteiger partial charge >= 0.3 is 0 Å². The Morgan fingerprint density at radius 2 is 1.56 bits per heavy atom. The second kappa shape index (κ2) is 5.53. The number of hydrogen-bond acceptors (Lipinski definition) is 3. The maximum atomic E-state index is 12.0. The Bertz CT molecular complexity index is 529. The average Bonchev–Trinajstić information content (AvgIpc) is 2.11. The first-order chi connectivity index (χ1) is 8.03. The van der Waals surface area contributed by atoms with Crippen LogP contribution in [-0.2, 0) is 14.9 Å². The molecule has 0 saturated heterocycles. The predicted octanol–water partition coefficient (Wildman–Crippen LogP) is 3.66. The number of rotatable bonds is 3. The molecule has 1 N–H and O–H groups in total. The van der Waals surface area contributed by atoms with Crippen LogP contribution in [0.1, 0.15) is 20.8 Å². The minimum Gasteiger partial charge on any atom is -0.281 e. The molecule has 18 heavy (non-hydrogen) atoms. The molecule has 0 bridgehead atoms. The van der Waals surface area contributed by atoms with Crippen LogP contribution in [0.5, 0.6) is 0 Å². The third-order valence-corrected chi connectivity index (χ3v) is 4.01. The summed E-state index contributed by atoms with van der Waals surface area (Å²) in [6.07, 6.45) is 0. The summed E-state index contributed by atoms with van der Waals surface area (Å²) in [7, 11) is -3.97. The highest BCUT2D eigenvalue weighted by Crippen LogP contribution is 2.32. The summed E-state index contributed by atoms with van der Waals surface area (Å²) in [6.45, 7) is 5.09.